The molecule has 0 saturated heterocycles. The first kappa shape index (κ1) is 16.2. The number of hydrogen-bond acceptors (Lipinski definition) is 2. The number of carbonyl (C=O) groups excluding carboxylic acids is 1. The van der Waals surface area contributed by atoms with Crippen molar-refractivity contribution in [2.24, 2.45) is 0 Å². The summed E-state index contributed by atoms with van der Waals surface area (Å²) in [5.41, 5.74) is 1.40. The molecule has 0 heterocycles. The van der Waals surface area contributed by atoms with Gasteiger partial charge in [-0.05, 0) is 30.5 Å². The molecule has 0 atom stereocenters. The summed E-state index contributed by atoms with van der Waals surface area (Å²) in [4.78, 5) is 11.7. The summed E-state index contributed by atoms with van der Waals surface area (Å²) in [7, 11) is 0. The van der Waals surface area contributed by atoms with Gasteiger partial charge < -0.3 is 4.74 Å². The highest BCUT2D eigenvalue weighted by Gasteiger charge is 2.05. The molecular weight excluding hydrogens is 248 g/mol. The lowest BCUT2D eigenvalue weighted by atomic mass is 10.1. The molecule has 0 aliphatic carbocycles. The number of benzene rings is 1. The minimum absolute atomic E-state index is 0.249. The molecule has 0 aliphatic heterocycles. The van der Waals surface area contributed by atoms with E-state index >= 15 is 0 Å². The highest BCUT2D eigenvalue weighted by molar-refractivity contribution is 5.89. The molecule has 0 spiro atoms. The fourth-order valence-electron chi connectivity index (χ4n) is 1.80. The van der Waals surface area contributed by atoms with Gasteiger partial charge in [0.25, 0.3) is 0 Å². The molecule has 0 aromatic heterocycles. The summed E-state index contributed by atoms with van der Waals surface area (Å²) in [6, 6.07) is 9.00. The van der Waals surface area contributed by atoms with Crippen LogP contribution in [0.3, 0.4) is 0 Å². The fraction of sp³-hybridized carbons (Fsp3) is 0.389. The zero-order chi connectivity index (χ0) is 14.6. The van der Waals surface area contributed by atoms with E-state index < -0.39 is 0 Å². The average Bonchev–Trinajstić information content (AvgIpc) is 2.49. The summed E-state index contributed by atoms with van der Waals surface area (Å²) in [6.45, 7) is 6.35. The Morgan fingerprint density at radius 2 is 1.95 bits per heavy atom. The van der Waals surface area contributed by atoms with Crippen molar-refractivity contribution in [1.82, 2.24) is 0 Å². The van der Waals surface area contributed by atoms with Crippen molar-refractivity contribution in [3.8, 4) is 0 Å². The first-order valence-corrected chi connectivity index (χ1v) is 7.30. The van der Waals surface area contributed by atoms with E-state index in [1.165, 1.54) is 25.7 Å². The van der Waals surface area contributed by atoms with Gasteiger partial charge in [-0.2, -0.15) is 0 Å². The van der Waals surface area contributed by atoms with E-state index in [-0.39, 0.29) is 12.6 Å². The summed E-state index contributed by atoms with van der Waals surface area (Å²) < 4.78 is 5.20. The van der Waals surface area contributed by atoms with Crippen LogP contribution in [0.1, 0.15) is 49.4 Å². The Labute approximate surface area is 122 Å². The van der Waals surface area contributed by atoms with Crippen molar-refractivity contribution in [3.63, 3.8) is 0 Å². The summed E-state index contributed by atoms with van der Waals surface area (Å²) in [6.07, 6.45) is 10.2. The van der Waals surface area contributed by atoms with Crippen molar-refractivity contribution in [1.29, 1.82) is 0 Å². The fourth-order valence-corrected chi connectivity index (χ4v) is 1.80. The predicted molar refractivity (Wildman–Crippen MR) is 83.8 cm³/mol. The van der Waals surface area contributed by atoms with Crippen LogP contribution in [0.4, 0.5) is 0 Å². The number of rotatable bonds is 9. The SMILES string of the molecule is C=C(/C=C/CCCCCC)COC(=O)c1ccccc1. The molecule has 0 amide bonds. The molecule has 0 radical (unpaired) electrons. The second-order valence-electron chi connectivity index (χ2n) is 4.85. The van der Waals surface area contributed by atoms with Crippen LogP contribution in [-0.2, 0) is 4.74 Å². The Morgan fingerprint density at radius 1 is 1.20 bits per heavy atom. The molecule has 2 nitrogen and oxygen atoms in total. The summed E-state index contributed by atoms with van der Waals surface area (Å²) in [5, 5.41) is 0. The highest BCUT2D eigenvalue weighted by atomic mass is 16.5. The van der Waals surface area contributed by atoms with E-state index in [4.69, 9.17) is 4.74 Å². The van der Waals surface area contributed by atoms with Gasteiger partial charge in [0, 0.05) is 0 Å². The van der Waals surface area contributed by atoms with Gasteiger partial charge in [-0.1, -0.05) is 63.1 Å². The Morgan fingerprint density at radius 3 is 2.65 bits per heavy atom. The van der Waals surface area contributed by atoms with Crippen molar-refractivity contribution in [2.75, 3.05) is 6.61 Å². The lowest BCUT2D eigenvalue weighted by molar-refractivity contribution is 0.0543. The maximum Gasteiger partial charge on any atom is 0.338 e. The van der Waals surface area contributed by atoms with E-state index in [0.717, 1.165) is 12.0 Å². The minimum Gasteiger partial charge on any atom is -0.457 e. The van der Waals surface area contributed by atoms with Gasteiger partial charge in [0.15, 0.2) is 0 Å². The number of allylic oxidation sites excluding steroid dienone is 1. The van der Waals surface area contributed by atoms with Crippen molar-refractivity contribution in [2.45, 2.75) is 39.0 Å². The first-order chi connectivity index (χ1) is 9.74. The largest absolute Gasteiger partial charge is 0.457 e. The van der Waals surface area contributed by atoms with E-state index in [2.05, 4.69) is 19.6 Å². The molecule has 1 aromatic rings. The van der Waals surface area contributed by atoms with Crippen LogP contribution in [0.15, 0.2) is 54.6 Å². The molecule has 1 aromatic carbocycles. The smallest absolute Gasteiger partial charge is 0.338 e. The van der Waals surface area contributed by atoms with Crippen LogP contribution in [0.5, 0.6) is 0 Å². The van der Waals surface area contributed by atoms with Crippen LogP contribution < -0.4 is 0 Å². The molecule has 0 aliphatic rings. The third-order valence-electron chi connectivity index (χ3n) is 2.98. The van der Waals surface area contributed by atoms with Crippen LogP contribution in [0.25, 0.3) is 0 Å². The minimum atomic E-state index is -0.303. The number of carbonyl (C=O) groups is 1. The van der Waals surface area contributed by atoms with Gasteiger partial charge in [0.05, 0.1) is 5.56 Å². The van der Waals surface area contributed by atoms with Crippen LogP contribution in [-0.4, -0.2) is 12.6 Å². The molecule has 0 saturated carbocycles. The summed E-state index contributed by atoms with van der Waals surface area (Å²) >= 11 is 0. The van der Waals surface area contributed by atoms with Gasteiger partial charge in [-0.15, -0.1) is 0 Å². The second-order valence-corrected chi connectivity index (χ2v) is 4.85. The maximum absolute atomic E-state index is 11.7. The van der Waals surface area contributed by atoms with Gasteiger partial charge in [0.1, 0.15) is 6.61 Å². The van der Waals surface area contributed by atoms with Gasteiger partial charge in [0.2, 0.25) is 0 Å². The molecule has 1 rings (SSSR count). The Kier molecular flexibility index (Phi) is 8.13. The van der Waals surface area contributed by atoms with Gasteiger partial charge in [-0.3, -0.25) is 0 Å². The van der Waals surface area contributed by atoms with E-state index in [0.29, 0.717) is 5.56 Å². The molecule has 2 heteroatoms. The van der Waals surface area contributed by atoms with Crippen LogP contribution in [0.2, 0.25) is 0 Å². The van der Waals surface area contributed by atoms with Gasteiger partial charge >= 0.3 is 5.97 Å². The van der Waals surface area contributed by atoms with Crippen molar-refractivity contribution < 1.29 is 9.53 Å². The molecule has 0 fully saturated rings. The molecule has 0 unspecified atom stereocenters. The quantitative estimate of drug-likeness (QED) is 0.362. The normalized spacial score (nSPS) is 10.7. The van der Waals surface area contributed by atoms with Crippen molar-refractivity contribution in [3.05, 3.63) is 60.2 Å². The third kappa shape index (κ3) is 6.93. The molecular formula is C18H24O2. The summed E-state index contributed by atoms with van der Waals surface area (Å²) in [5.74, 6) is -0.303. The highest BCUT2D eigenvalue weighted by Crippen LogP contribution is 2.06. The van der Waals surface area contributed by atoms with E-state index in [1.807, 2.05) is 24.3 Å². The molecule has 0 bridgehead atoms. The first-order valence-electron chi connectivity index (χ1n) is 7.30. The standard InChI is InChI=1S/C18H24O2/c1-3-4-5-6-7-9-12-16(2)15-20-18(19)17-13-10-8-11-14-17/h8-14H,2-7,15H2,1H3/b12-9+. The third-order valence-corrected chi connectivity index (χ3v) is 2.98. The monoisotopic (exact) mass is 272 g/mol. The lowest BCUT2D eigenvalue weighted by Gasteiger charge is -2.04. The Bertz CT molecular complexity index is 432. The van der Waals surface area contributed by atoms with Gasteiger partial charge in [-0.25, -0.2) is 4.79 Å². The Balaban J connectivity index is 2.20. The number of ether oxygens (including phenoxy) is 1. The zero-order valence-electron chi connectivity index (χ0n) is 12.3. The van der Waals surface area contributed by atoms with E-state index in [9.17, 15) is 4.79 Å². The van der Waals surface area contributed by atoms with Crippen LogP contribution >= 0.6 is 0 Å². The average molecular weight is 272 g/mol. The number of hydrogen-bond donors (Lipinski definition) is 0. The van der Waals surface area contributed by atoms with Crippen LogP contribution in [0, 0.1) is 0 Å². The molecule has 20 heavy (non-hydrogen) atoms. The number of unbranched alkanes of at least 4 members (excludes halogenated alkanes) is 4. The topological polar surface area (TPSA) is 26.3 Å². The lowest BCUT2D eigenvalue weighted by Crippen LogP contribution is -2.06. The molecule has 108 valence electrons. The van der Waals surface area contributed by atoms with Crippen molar-refractivity contribution >= 4 is 5.97 Å². The Hall–Kier alpha value is -1.83. The zero-order valence-corrected chi connectivity index (χ0v) is 12.3. The number of esters is 1. The second kappa shape index (κ2) is 10.0. The maximum atomic E-state index is 11.7. The molecule has 0 N–H and O–H groups in total. The predicted octanol–water partition coefficient (Wildman–Crippen LogP) is 4.93. The van der Waals surface area contributed by atoms with E-state index in [1.54, 1.807) is 12.1 Å².